The molecule has 1 aromatic heterocycles. The zero-order valence-electron chi connectivity index (χ0n) is 17.1. The Morgan fingerprint density at radius 2 is 1.78 bits per heavy atom. The molecule has 3 aromatic rings. The quantitative estimate of drug-likeness (QED) is 0.210. The fraction of sp³-hybridized carbons (Fsp3) is 0.0870. The molecule has 1 aliphatic heterocycles. The van der Waals surface area contributed by atoms with Crippen molar-refractivity contribution >= 4 is 46.6 Å². The number of nitro groups is 1. The lowest BCUT2D eigenvalue weighted by molar-refractivity contribution is -0.384. The molecule has 0 radical (unpaired) electrons. The van der Waals surface area contributed by atoms with Crippen LogP contribution in [0, 0.1) is 24.0 Å². The monoisotopic (exact) mass is 447 g/mol. The number of nitro benzene ring substituents is 1. The van der Waals surface area contributed by atoms with Crippen molar-refractivity contribution in [3.63, 3.8) is 0 Å². The molecule has 2 amide bonds. The molecule has 9 heteroatoms. The number of nitrogens with zero attached hydrogens (tertiary/aromatic N) is 2. The summed E-state index contributed by atoms with van der Waals surface area (Å²) in [6.07, 6.45) is 1.35. The first-order valence-corrected chi connectivity index (χ1v) is 9.99. The molecule has 1 saturated heterocycles. The average Bonchev–Trinajstić information content (AvgIpc) is 3.22. The maximum atomic E-state index is 13.2. The van der Waals surface area contributed by atoms with Gasteiger partial charge in [-0.3, -0.25) is 29.9 Å². The molecule has 0 spiro atoms. The average molecular weight is 447 g/mol. The molecule has 2 aromatic carbocycles. The van der Waals surface area contributed by atoms with Crippen LogP contribution in [0.1, 0.15) is 16.9 Å². The molecule has 1 fully saturated rings. The summed E-state index contributed by atoms with van der Waals surface area (Å²) in [6.45, 7) is 3.76. The third-order valence-electron chi connectivity index (χ3n) is 4.98. The van der Waals surface area contributed by atoms with Gasteiger partial charge in [0.1, 0.15) is 17.1 Å². The Balaban J connectivity index is 1.67. The van der Waals surface area contributed by atoms with E-state index in [-0.39, 0.29) is 22.1 Å². The van der Waals surface area contributed by atoms with E-state index in [4.69, 9.17) is 16.6 Å². The van der Waals surface area contributed by atoms with Crippen LogP contribution >= 0.6 is 12.2 Å². The molecule has 1 aliphatic rings. The van der Waals surface area contributed by atoms with Crippen molar-refractivity contribution in [1.29, 1.82) is 0 Å². The Morgan fingerprint density at radius 3 is 2.47 bits per heavy atom. The predicted molar refractivity (Wildman–Crippen MR) is 123 cm³/mol. The number of thiocarbonyl (C=S) groups is 1. The molecule has 2 heterocycles. The summed E-state index contributed by atoms with van der Waals surface area (Å²) in [4.78, 5) is 37.3. The molecule has 1 N–H and O–H groups in total. The van der Waals surface area contributed by atoms with Gasteiger partial charge < -0.3 is 4.42 Å². The van der Waals surface area contributed by atoms with E-state index < -0.39 is 16.7 Å². The summed E-state index contributed by atoms with van der Waals surface area (Å²) >= 11 is 5.26. The largest absolute Gasteiger partial charge is 0.457 e. The summed E-state index contributed by atoms with van der Waals surface area (Å²) in [5, 5.41) is 13.4. The Bertz CT molecular complexity index is 1310. The first-order chi connectivity index (χ1) is 15.2. The van der Waals surface area contributed by atoms with Crippen molar-refractivity contribution in [2.45, 2.75) is 13.8 Å². The van der Waals surface area contributed by atoms with Gasteiger partial charge in [0.05, 0.1) is 10.6 Å². The first-order valence-electron chi connectivity index (χ1n) is 9.58. The van der Waals surface area contributed by atoms with Crippen LogP contribution in [0.4, 0.5) is 11.4 Å². The lowest BCUT2D eigenvalue weighted by atomic mass is 10.1. The highest BCUT2D eigenvalue weighted by atomic mass is 32.1. The van der Waals surface area contributed by atoms with Crippen LogP contribution in [0.2, 0.25) is 0 Å². The van der Waals surface area contributed by atoms with Crippen LogP contribution in [0.15, 0.2) is 64.6 Å². The molecular weight excluding hydrogens is 430 g/mol. The van der Waals surface area contributed by atoms with E-state index in [1.165, 1.54) is 23.1 Å². The summed E-state index contributed by atoms with van der Waals surface area (Å²) < 4.78 is 5.75. The number of hydrogen-bond acceptors (Lipinski definition) is 6. The maximum Gasteiger partial charge on any atom is 0.270 e. The van der Waals surface area contributed by atoms with Crippen molar-refractivity contribution in [3.05, 3.63) is 87.2 Å². The van der Waals surface area contributed by atoms with Gasteiger partial charge >= 0.3 is 0 Å². The van der Waals surface area contributed by atoms with E-state index in [1.807, 2.05) is 32.0 Å². The normalized spacial score (nSPS) is 15.2. The molecule has 0 saturated carbocycles. The van der Waals surface area contributed by atoms with E-state index in [0.717, 1.165) is 11.1 Å². The van der Waals surface area contributed by atoms with Crippen molar-refractivity contribution in [1.82, 2.24) is 5.32 Å². The molecule has 4 rings (SSSR count). The van der Waals surface area contributed by atoms with Crippen molar-refractivity contribution in [2.24, 2.45) is 0 Å². The number of furan rings is 1. The van der Waals surface area contributed by atoms with E-state index in [1.54, 1.807) is 24.3 Å². The minimum absolute atomic E-state index is 0.0110. The molecule has 160 valence electrons. The smallest absolute Gasteiger partial charge is 0.270 e. The van der Waals surface area contributed by atoms with E-state index in [9.17, 15) is 19.7 Å². The Kier molecular flexibility index (Phi) is 5.41. The number of nitrogens with one attached hydrogen (secondary N) is 1. The molecule has 0 unspecified atom stereocenters. The van der Waals surface area contributed by atoms with Crippen LogP contribution in [0.5, 0.6) is 0 Å². The number of rotatable bonds is 4. The van der Waals surface area contributed by atoms with E-state index in [0.29, 0.717) is 17.0 Å². The van der Waals surface area contributed by atoms with Crippen LogP contribution in [0.3, 0.4) is 0 Å². The fourth-order valence-corrected chi connectivity index (χ4v) is 3.59. The summed E-state index contributed by atoms with van der Waals surface area (Å²) in [5.74, 6) is -0.446. The zero-order chi connectivity index (χ0) is 23.0. The van der Waals surface area contributed by atoms with E-state index >= 15 is 0 Å². The number of aryl methyl sites for hydroxylation is 2. The number of amides is 2. The Labute approximate surface area is 188 Å². The highest BCUT2D eigenvalue weighted by Gasteiger charge is 2.35. The minimum Gasteiger partial charge on any atom is -0.457 e. The predicted octanol–water partition coefficient (Wildman–Crippen LogP) is 4.30. The van der Waals surface area contributed by atoms with Gasteiger partial charge in [0, 0.05) is 17.7 Å². The van der Waals surface area contributed by atoms with Gasteiger partial charge in [0.15, 0.2) is 5.11 Å². The van der Waals surface area contributed by atoms with Gasteiger partial charge in [-0.2, -0.15) is 0 Å². The number of carbonyl (C=O) groups is 2. The third kappa shape index (κ3) is 3.93. The number of benzene rings is 2. The number of anilines is 1. The van der Waals surface area contributed by atoms with E-state index in [2.05, 4.69) is 5.32 Å². The number of carbonyl (C=O) groups excluding carboxylic acids is 2. The second kappa shape index (κ2) is 8.20. The summed E-state index contributed by atoms with van der Waals surface area (Å²) in [5.41, 5.74) is 2.84. The van der Waals surface area contributed by atoms with Gasteiger partial charge in [-0.15, -0.1) is 0 Å². The maximum absolute atomic E-state index is 13.2. The zero-order valence-corrected chi connectivity index (χ0v) is 17.9. The topological polar surface area (TPSA) is 106 Å². The molecule has 0 aliphatic carbocycles. The van der Waals surface area contributed by atoms with Gasteiger partial charge in [0.2, 0.25) is 0 Å². The Hall–Kier alpha value is -4.11. The summed E-state index contributed by atoms with van der Waals surface area (Å²) in [6, 6.07) is 14.8. The fourth-order valence-electron chi connectivity index (χ4n) is 3.31. The second-order valence-corrected chi connectivity index (χ2v) is 7.64. The standard InChI is InChI=1S/C23H17N3O5S/c1-13-3-4-14(2)19(11-13)25-22(28)18(21(27)24-23(25)32)12-17-9-10-20(31-17)15-5-7-16(8-6-15)26(29)30/h3-12H,1-2H3,(H,24,27,32)/b18-12-. The molecular formula is C23H17N3O5S. The number of hydrogen-bond donors (Lipinski definition) is 1. The van der Waals surface area contributed by atoms with Crippen LogP contribution < -0.4 is 10.2 Å². The van der Waals surface area contributed by atoms with Gasteiger partial charge in [-0.05, 0) is 73.6 Å². The van der Waals surface area contributed by atoms with Crippen LogP contribution in [-0.4, -0.2) is 21.9 Å². The lowest BCUT2D eigenvalue weighted by Crippen LogP contribution is -2.54. The number of non-ortho nitro benzene ring substituents is 1. The van der Waals surface area contributed by atoms with Crippen molar-refractivity contribution < 1.29 is 18.9 Å². The third-order valence-corrected chi connectivity index (χ3v) is 5.27. The van der Waals surface area contributed by atoms with Crippen LogP contribution in [-0.2, 0) is 9.59 Å². The first kappa shape index (κ1) is 21.1. The molecule has 0 atom stereocenters. The Morgan fingerprint density at radius 1 is 1.06 bits per heavy atom. The summed E-state index contributed by atoms with van der Waals surface area (Å²) in [7, 11) is 0. The molecule has 0 bridgehead atoms. The van der Waals surface area contributed by atoms with Crippen molar-refractivity contribution in [3.8, 4) is 11.3 Å². The molecule has 32 heavy (non-hydrogen) atoms. The van der Waals surface area contributed by atoms with Gasteiger partial charge in [-0.25, -0.2) is 0 Å². The van der Waals surface area contributed by atoms with Gasteiger partial charge in [0.25, 0.3) is 17.5 Å². The SMILES string of the molecule is Cc1ccc(C)c(N2C(=O)/C(=C\c3ccc(-c4ccc([N+](=O)[O-])cc4)o3)C(=O)NC2=S)c1. The second-order valence-electron chi connectivity index (χ2n) is 7.25. The minimum atomic E-state index is -0.616. The van der Waals surface area contributed by atoms with Crippen molar-refractivity contribution in [2.75, 3.05) is 4.90 Å². The van der Waals surface area contributed by atoms with Crippen LogP contribution in [0.25, 0.3) is 17.4 Å². The highest BCUT2D eigenvalue weighted by molar-refractivity contribution is 7.80. The lowest BCUT2D eigenvalue weighted by Gasteiger charge is -2.30. The highest BCUT2D eigenvalue weighted by Crippen LogP contribution is 2.28. The molecule has 8 nitrogen and oxygen atoms in total. The van der Waals surface area contributed by atoms with Gasteiger partial charge in [-0.1, -0.05) is 12.1 Å².